The Morgan fingerprint density at radius 3 is 2.50 bits per heavy atom. The summed E-state index contributed by atoms with van der Waals surface area (Å²) in [6, 6.07) is 2.30. The van der Waals surface area contributed by atoms with E-state index < -0.39 is 41.4 Å². The van der Waals surface area contributed by atoms with Crippen molar-refractivity contribution in [1.29, 1.82) is 0 Å². The third-order valence-corrected chi connectivity index (χ3v) is 5.28. The molecule has 0 fully saturated rings. The number of aliphatic hydroxyl groups is 1. The van der Waals surface area contributed by atoms with Crippen LogP contribution in [-0.4, -0.2) is 65.9 Å². The lowest BCUT2D eigenvalue weighted by molar-refractivity contribution is -0.154. The van der Waals surface area contributed by atoms with E-state index in [0.717, 1.165) is 6.07 Å². The van der Waals surface area contributed by atoms with Gasteiger partial charge in [-0.05, 0) is 43.2 Å². The van der Waals surface area contributed by atoms with E-state index in [-0.39, 0.29) is 23.5 Å². The number of esters is 1. The summed E-state index contributed by atoms with van der Waals surface area (Å²) in [7, 11) is 2.87. The minimum atomic E-state index is -2.00. The number of methoxy groups -OCH3 is 2. The molecule has 3 atom stereocenters. The van der Waals surface area contributed by atoms with E-state index in [2.05, 4.69) is 0 Å². The molecule has 162 valence electrons. The number of allylic oxidation sites excluding steroid dienone is 1. The van der Waals surface area contributed by atoms with E-state index in [0.29, 0.717) is 11.3 Å². The highest BCUT2D eigenvalue weighted by molar-refractivity contribution is 6.00. The van der Waals surface area contributed by atoms with Gasteiger partial charge in [-0.2, -0.15) is 0 Å². The van der Waals surface area contributed by atoms with Gasteiger partial charge in [-0.25, -0.2) is 4.79 Å². The lowest BCUT2D eigenvalue weighted by atomic mass is 9.74. The Morgan fingerprint density at radius 2 is 1.90 bits per heavy atom. The van der Waals surface area contributed by atoms with E-state index in [9.17, 15) is 24.9 Å². The fourth-order valence-electron chi connectivity index (χ4n) is 3.69. The molecule has 0 amide bonds. The molecule has 1 aromatic carbocycles. The molecule has 1 aromatic rings. The van der Waals surface area contributed by atoms with Gasteiger partial charge in [-0.3, -0.25) is 4.79 Å². The Balaban J connectivity index is 1.95. The Hall–Kier alpha value is -2.88. The standard InChI is InChI=1S/C21H24O9/c1-10-5-12(22)8-14(23)17(10)19(25)30-18-13-9-29-15(20(27-3)28-4)6-11(13)7-16(24)21(18,2)26/h5-8,13,18,20,22-23,26H,9H2,1-4H3/t13-,18+,21-/m1/s1. The fraction of sp³-hybridized carbons (Fsp3) is 0.429. The molecule has 0 unspecified atom stereocenters. The number of hydrogen-bond acceptors (Lipinski definition) is 9. The van der Waals surface area contributed by atoms with Gasteiger partial charge in [0.1, 0.15) is 23.2 Å². The number of aromatic hydroxyl groups is 2. The average molecular weight is 420 g/mol. The third-order valence-electron chi connectivity index (χ3n) is 5.28. The maximum atomic E-state index is 12.8. The normalized spacial score (nSPS) is 25.9. The minimum Gasteiger partial charge on any atom is -0.508 e. The van der Waals surface area contributed by atoms with Crippen LogP contribution in [0.1, 0.15) is 22.8 Å². The molecule has 1 heterocycles. The molecule has 0 spiro atoms. The van der Waals surface area contributed by atoms with Gasteiger partial charge in [0, 0.05) is 20.3 Å². The maximum Gasteiger partial charge on any atom is 0.342 e. The second-order valence-electron chi connectivity index (χ2n) is 7.41. The number of phenolic OH excluding ortho intramolecular Hbond substituents is 2. The van der Waals surface area contributed by atoms with Crippen LogP contribution in [0.5, 0.6) is 11.5 Å². The quantitative estimate of drug-likeness (QED) is 0.477. The smallest absolute Gasteiger partial charge is 0.342 e. The van der Waals surface area contributed by atoms with Gasteiger partial charge in [0.25, 0.3) is 0 Å². The molecule has 9 nitrogen and oxygen atoms in total. The molecule has 0 saturated heterocycles. The first-order chi connectivity index (χ1) is 14.1. The summed E-state index contributed by atoms with van der Waals surface area (Å²) < 4.78 is 21.5. The molecule has 2 aliphatic rings. The maximum absolute atomic E-state index is 12.8. The second kappa shape index (κ2) is 8.10. The number of aryl methyl sites for hydroxylation is 1. The van der Waals surface area contributed by atoms with E-state index in [1.54, 1.807) is 6.08 Å². The number of carbonyl (C=O) groups excluding carboxylic acids is 2. The predicted molar refractivity (Wildman–Crippen MR) is 103 cm³/mol. The van der Waals surface area contributed by atoms with E-state index in [1.807, 2.05) is 0 Å². The number of benzene rings is 1. The van der Waals surface area contributed by atoms with Crippen LogP contribution in [0.4, 0.5) is 0 Å². The third kappa shape index (κ3) is 3.79. The molecule has 3 rings (SSSR count). The van der Waals surface area contributed by atoms with Crippen LogP contribution in [-0.2, 0) is 23.7 Å². The fourth-order valence-corrected chi connectivity index (χ4v) is 3.69. The van der Waals surface area contributed by atoms with Crippen LogP contribution in [0, 0.1) is 12.8 Å². The molecule has 1 aliphatic heterocycles. The lowest BCUT2D eigenvalue weighted by Crippen LogP contribution is -2.56. The molecule has 0 saturated carbocycles. The monoisotopic (exact) mass is 420 g/mol. The first-order valence-electron chi connectivity index (χ1n) is 9.22. The second-order valence-corrected chi connectivity index (χ2v) is 7.41. The summed E-state index contributed by atoms with van der Waals surface area (Å²) in [6.45, 7) is 2.78. The number of ketones is 1. The molecular formula is C21H24O9. The highest BCUT2D eigenvalue weighted by atomic mass is 16.7. The molecule has 9 heteroatoms. The Morgan fingerprint density at radius 1 is 1.23 bits per heavy atom. The van der Waals surface area contributed by atoms with Crippen molar-refractivity contribution < 1.29 is 43.9 Å². The van der Waals surface area contributed by atoms with Crippen LogP contribution in [0.2, 0.25) is 0 Å². The van der Waals surface area contributed by atoms with Gasteiger partial charge in [0.05, 0.1) is 12.5 Å². The molecule has 30 heavy (non-hydrogen) atoms. The SMILES string of the molecule is COC(OC)C1=CC2=CC(=O)[C@@](C)(O)[C@@H](OC(=O)c3c(C)cc(O)cc3O)[C@@H]2CO1. The zero-order valence-electron chi connectivity index (χ0n) is 17.0. The lowest BCUT2D eigenvalue weighted by Gasteiger charge is -2.41. The Kier molecular flexibility index (Phi) is 5.89. The van der Waals surface area contributed by atoms with Crippen molar-refractivity contribution in [2.75, 3.05) is 20.8 Å². The highest BCUT2D eigenvalue weighted by Gasteiger charge is 2.51. The van der Waals surface area contributed by atoms with Crippen molar-refractivity contribution in [2.24, 2.45) is 5.92 Å². The summed E-state index contributed by atoms with van der Waals surface area (Å²) in [4.78, 5) is 25.4. The molecular weight excluding hydrogens is 396 g/mol. The van der Waals surface area contributed by atoms with Gasteiger partial charge in [0.2, 0.25) is 6.29 Å². The topological polar surface area (TPSA) is 132 Å². The van der Waals surface area contributed by atoms with Crippen molar-refractivity contribution >= 4 is 11.8 Å². The predicted octanol–water partition coefficient (Wildman–Crippen LogP) is 1.34. The van der Waals surface area contributed by atoms with Gasteiger partial charge in [-0.15, -0.1) is 0 Å². The van der Waals surface area contributed by atoms with Crippen LogP contribution >= 0.6 is 0 Å². The summed E-state index contributed by atoms with van der Waals surface area (Å²) in [6.07, 6.45) is 0.792. The molecule has 0 aromatic heterocycles. The number of phenols is 2. The number of rotatable bonds is 5. The molecule has 0 radical (unpaired) electrons. The van der Waals surface area contributed by atoms with Crippen LogP contribution in [0.25, 0.3) is 0 Å². The minimum absolute atomic E-state index is 0.00278. The van der Waals surface area contributed by atoms with Crippen LogP contribution < -0.4 is 0 Å². The number of carbonyl (C=O) groups is 2. The van der Waals surface area contributed by atoms with Crippen molar-refractivity contribution in [2.45, 2.75) is 31.8 Å². The Bertz CT molecular complexity index is 901. The molecule has 3 N–H and O–H groups in total. The van der Waals surface area contributed by atoms with Crippen molar-refractivity contribution in [1.82, 2.24) is 0 Å². The van der Waals surface area contributed by atoms with Gasteiger partial charge < -0.3 is 34.3 Å². The van der Waals surface area contributed by atoms with Gasteiger partial charge in [-0.1, -0.05) is 0 Å². The summed E-state index contributed by atoms with van der Waals surface area (Å²) >= 11 is 0. The highest BCUT2D eigenvalue weighted by Crippen LogP contribution is 2.39. The summed E-state index contributed by atoms with van der Waals surface area (Å²) in [5, 5.41) is 30.4. The first kappa shape index (κ1) is 21.8. The zero-order chi connectivity index (χ0) is 22.2. The number of ether oxygens (including phenoxy) is 4. The van der Waals surface area contributed by atoms with Crippen molar-refractivity contribution in [3.05, 3.63) is 46.7 Å². The van der Waals surface area contributed by atoms with Gasteiger partial charge >= 0.3 is 5.97 Å². The number of hydrogen-bond donors (Lipinski definition) is 3. The van der Waals surface area contributed by atoms with Crippen LogP contribution in [0.15, 0.2) is 35.6 Å². The first-order valence-corrected chi connectivity index (χ1v) is 9.22. The average Bonchev–Trinajstić information content (AvgIpc) is 2.66. The van der Waals surface area contributed by atoms with Gasteiger partial charge in [0.15, 0.2) is 17.1 Å². The van der Waals surface area contributed by atoms with Crippen molar-refractivity contribution in [3.63, 3.8) is 0 Å². The molecule has 0 bridgehead atoms. The van der Waals surface area contributed by atoms with E-state index in [1.165, 1.54) is 40.2 Å². The number of fused-ring (bicyclic) bond motifs is 1. The van der Waals surface area contributed by atoms with E-state index >= 15 is 0 Å². The molecule has 1 aliphatic carbocycles. The summed E-state index contributed by atoms with van der Waals surface area (Å²) in [5.74, 6) is -2.56. The van der Waals surface area contributed by atoms with Crippen molar-refractivity contribution in [3.8, 4) is 11.5 Å². The largest absolute Gasteiger partial charge is 0.508 e. The van der Waals surface area contributed by atoms with E-state index in [4.69, 9.17) is 18.9 Å². The Labute approximate surface area is 173 Å². The zero-order valence-corrected chi connectivity index (χ0v) is 17.0. The summed E-state index contributed by atoms with van der Waals surface area (Å²) in [5.41, 5.74) is -1.39. The van der Waals surface area contributed by atoms with Crippen LogP contribution in [0.3, 0.4) is 0 Å².